The lowest BCUT2D eigenvalue weighted by Crippen LogP contribution is -2.41. The molecule has 0 aliphatic carbocycles. The summed E-state index contributed by atoms with van der Waals surface area (Å²) in [4.78, 5) is 27.8. The summed E-state index contributed by atoms with van der Waals surface area (Å²) in [7, 11) is 0. The predicted molar refractivity (Wildman–Crippen MR) is 102 cm³/mol. The Balaban J connectivity index is 1.67. The van der Waals surface area contributed by atoms with Crippen molar-refractivity contribution in [2.45, 2.75) is 29.2 Å². The summed E-state index contributed by atoms with van der Waals surface area (Å²) in [6.45, 7) is 2.88. The van der Waals surface area contributed by atoms with E-state index in [0.717, 1.165) is 15.5 Å². The number of carbonyl (C=O) groups is 2. The van der Waals surface area contributed by atoms with Crippen LogP contribution in [0.5, 0.6) is 0 Å². The third kappa shape index (κ3) is 4.45. The SMILES string of the molecule is CC(C(=O)Nc1ccccc1Sc1ccccc1)N1CCC(C(=O)O)C1. The van der Waals surface area contributed by atoms with E-state index in [0.29, 0.717) is 19.5 Å². The maximum Gasteiger partial charge on any atom is 0.307 e. The van der Waals surface area contributed by atoms with Crippen molar-refractivity contribution in [3.05, 3.63) is 54.6 Å². The first-order valence-corrected chi connectivity index (χ1v) is 9.46. The van der Waals surface area contributed by atoms with Crippen molar-refractivity contribution in [2.24, 2.45) is 5.92 Å². The summed E-state index contributed by atoms with van der Waals surface area (Å²) in [6, 6.07) is 17.3. The number of hydrogen-bond acceptors (Lipinski definition) is 4. The molecule has 2 unspecified atom stereocenters. The van der Waals surface area contributed by atoms with Gasteiger partial charge in [-0.1, -0.05) is 42.1 Å². The lowest BCUT2D eigenvalue weighted by molar-refractivity contribution is -0.141. The Hall–Kier alpha value is -2.31. The molecule has 5 nitrogen and oxygen atoms in total. The minimum absolute atomic E-state index is 0.114. The van der Waals surface area contributed by atoms with Gasteiger partial charge in [0.25, 0.3) is 0 Å². The van der Waals surface area contributed by atoms with Gasteiger partial charge in [-0.05, 0) is 44.2 Å². The van der Waals surface area contributed by atoms with Gasteiger partial charge in [-0.2, -0.15) is 0 Å². The van der Waals surface area contributed by atoms with Gasteiger partial charge >= 0.3 is 5.97 Å². The molecule has 0 aromatic heterocycles. The number of carboxylic acids is 1. The number of hydrogen-bond donors (Lipinski definition) is 2. The van der Waals surface area contributed by atoms with Gasteiger partial charge in [-0.15, -0.1) is 0 Å². The summed E-state index contributed by atoms with van der Waals surface area (Å²) in [5, 5.41) is 12.1. The Morgan fingerprint density at radius 3 is 2.54 bits per heavy atom. The normalized spacial score (nSPS) is 18.4. The summed E-state index contributed by atoms with van der Waals surface area (Å²) in [6.07, 6.45) is 0.591. The largest absolute Gasteiger partial charge is 0.481 e. The number of rotatable bonds is 6. The topological polar surface area (TPSA) is 69.6 Å². The molecule has 0 bridgehead atoms. The van der Waals surface area contributed by atoms with E-state index in [1.807, 2.05) is 66.4 Å². The van der Waals surface area contributed by atoms with Crippen LogP contribution >= 0.6 is 11.8 Å². The molecular weight excluding hydrogens is 348 g/mol. The summed E-state index contributed by atoms with van der Waals surface area (Å²) in [5.41, 5.74) is 0.771. The number of likely N-dealkylation sites (tertiary alicyclic amines) is 1. The number of aliphatic carboxylic acids is 1. The van der Waals surface area contributed by atoms with E-state index < -0.39 is 5.97 Å². The first-order chi connectivity index (χ1) is 12.5. The molecule has 1 fully saturated rings. The molecule has 2 aromatic carbocycles. The van der Waals surface area contributed by atoms with E-state index in [2.05, 4.69) is 5.32 Å². The first-order valence-electron chi connectivity index (χ1n) is 8.64. The molecule has 0 saturated carbocycles. The van der Waals surface area contributed by atoms with Crippen molar-refractivity contribution in [1.82, 2.24) is 4.90 Å². The van der Waals surface area contributed by atoms with Crippen LogP contribution in [0.15, 0.2) is 64.4 Å². The van der Waals surface area contributed by atoms with E-state index in [1.165, 1.54) is 0 Å². The van der Waals surface area contributed by atoms with Gasteiger partial charge < -0.3 is 10.4 Å². The smallest absolute Gasteiger partial charge is 0.307 e. The molecule has 0 radical (unpaired) electrons. The van der Waals surface area contributed by atoms with Crippen LogP contribution in [0.3, 0.4) is 0 Å². The second-order valence-corrected chi connectivity index (χ2v) is 7.51. The second-order valence-electron chi connectivity index (χ2n) is 6.40. The van der Waals surface area contributed by atoms with Gasteiger partial charge in [0, 0.05) is 16.3 Å². The summed E-state index contributed by atoms with van der Waals surface area (Å²) in [5.74, 6) is -1.28. The average Bonchev–Trinajstić information content (AvgIpc) is 3.14. The van der Waals surface area contributed by atoms with Gasteiger partial charge in [0.05, 0.1) is 17.6 Å². The van der Waals surface area contributed by atoms with Gasteiger partial charge in [0.15, 0.2) is 0 Å². The fraction of sp³-hybridized carbons (Fsp3) is 0.300. The Morgan fingerprint density at radius 2 is 1.85 bits per heavy atom. The summed E-state index contributed by atoms with van der Waals surface area (Å²) < 4.78 is 0. The average molecular weight is 370 g/mol. The number of carbonyl (C=O) groups excluding carboxylic acids is 1. The molecule has 2 aromatic rings. The van der Waals surface area contributed by atoms with E-state index in [9.17, 15) is 9.59 Å². The Kier molecular flexibility index (Phi) is 5.96. The molecule has 6 heteroatoms. The highest BCUT2D eigenvalue weighted by Gasteiger charge is 2.33. The van der Waals surface area contributed by atoms with Crippen molar-refractivity contribution in [3.63, 3.8) is 0 Å². The molecule has 2 N–H and O–H groups in total. The van der Waals surface area contributed by atoms with E-state index in [-0.39, 0.29) is 17.9 Å². The van der Waals surface area contributed by atoms with Crippen molar-refractivity contribution in [1.29, 1.82) is 0 Å². The van der Waals surface area contributed by atoms with Crippen molar-refractivity contribution in [3.8, 4) is 0 Å². The maximum absolute atomic E-state index is 12.7. The molecule has 1 aliphatic rings. The Morgan fingerprint density at radius 1 is 1.15 bits per heavy atom. The number of anilines is 1. The third-order valence-corrected chi connectivity index (χ3v) is 5.70. The maximum atomic E-state index is 12.7. The minimum atomic E-state index is -0.787. The van der Waals surface area contributed by atoms with Crippen molar-refractivity contribution in [2.75, 3.05) is 18.4 Å². The van der Waals surface area contributed by atoms with Crippen LogP contribution in [0, 0.1) is 5.92 Å². The number of amides is 1. The quantitative estimate of drug-likeness (QED) is 0.813. The molecule has 1 heterocycles. The number of carboxylic acid groups (broad SMARTS) is 1. The highest BCUT2D eigenvalue weighted by molar-refractivity contribution is 7.99. The fourth-order valence-electron chi connectivity index (χ4n) is 3.02. The van der Waals surface area contributed by atoms with Gasteiger partial charge in [0.1, 0.15) is 0 Å². The Labute approximate surface area is 157 Å². The van der Waals surface area contributed by atoms with Crippen LogP contribution in [0.4, 0.5) is 5.69 Å². The van der Waals surface area contributed by atoms with Crippen molar-refractivity contribution < 1.29 is 14.7 Å². The van der Waals surface area contributed by atoms with Gasteiger partial charge in [-0.25, -0.2) is 0 Å². The monoisotopic (exact) mass is 370 g/mol. The molecule has 136 valence electrons. The van der Waals surface area contributed by atoms with E-state index in [1.54, 1.807) is 11.8 Å². The van der Waals surface area contributed by atoms with Crippen LogP contribution in [-0.2, 0) is 9.59 Å². The molecule has 1 amide bonds. The zero-order valence-corrected chi connectivity index (χ0v) is 15.4. The van der Waals surface area contributed by atoms with Crippen molar-refractivity contribution >= 4 is 29.3 Å². The predicted octanol–water partition coefficient (Wildman–Crippen LogP) is 3.57. The first kappa shape index (κ1) is 18.5. The standard InChI is InChI=1S/C20H22N2O3S/c1-14(22-12-11-15(13-22)20(24)25)19(23)21-17-9-5-6-10-18(17)26-16-7-3-2-4-8-16/h2-10,14-15H,11-13H2,1H3,(H,21,23)(H,24,25). The van der Waals surface area contributed by atoms with E-state index in [4.69, 9.17) is 5.11 Å². The van der Waals surface area contributed by atoms with Gasteiger partial charge in [-0.3, -0.25) is 14.5 Å². The fourth-order valence-corrected chi connectivity index (χ4v) is 3.94. The molecule has 1 aliphatic heterocycles. The number of nitrogens with one attached hydrogen (secondary N) is 1. The highest BCUT2D eigenvalue weighted by Crippen LogP contribution is 2.33. The van der Waals surface area contributed by atoms with Crippen LogP contribution < -0.4 is 5.32 Å². The van der Waals surface area contributed by atoms with Crippen LogP contribution in [-0.4, -0.2) is 41.0 Å². The molecule has 26 heavy (non-hydrogen) atoms. The number of benzene rings is 2. The number of nitrogens with zero attached hydrogens (tertiary/aromatic N) is 1. The molecule has 2 atom stereocenters. The lowest BCUT2D eigenvalue weighted by atomic mass is 10.1. The summed E-state index contributed by atoms with van der Waals surface area (Å²) >= 11 is 1.60. The third-order valence-electron chi connectivity index (χ3n) is 4.61. The Bertz CT molecular complexity index is 782. The van der Waals surface area contributed by atoms with Gasteiger partial charge in [0.2, 0.25) is 5.91 Å². The van der Waals surface area contributed by atoms with E-state index >= 15 is 0 Å². The minimum Gasteiger partial charge on any atom is -0.481 e. The van der Waals surface area contributed by atoms with Crippen LogP contribution in [0.25, 0.3) is 0 Å². The highest BCUT2D eigenvalue weighted by atomic mass is 32.2. The van der Waals surface area contributed by atoms with Crippen LogP contribution in [0.2, 0.25) is 0 Å². The molecule has 0 spiro atoms. The molecular formula is C20H22N2O3S. The zero-order valence-electron chi connectivity index (χ0n) is 14.6. The number of para-hydroxylation sites is 1. The molecule has 3 rings (SSSR count). The van der Waals surface area contributed by atoms with Crippen LogP contribution in [0.1, 0.15) is 13.3 Å². The second kappa shape index (κ2) is 8.38. The zero-order chi connectivity index (χ0) is 18.5. The lowest BCUT2D eigenvalue weighted by Gasteiger charge is -2.23. The molecule has 1 saturated heterocycles.